The van der Waals surface area contributed by atoms with Crippen LogP contribution in [0.25, 0.3) is 0 Å². The van der Waals surface area contributed by atoms with Crippen LogP contribution in [0.5, 0.6) is 0 Å². The quantitative estimate of drug-likeness (QED) is 0.185. The van der Waals surface area contributed by atoms with Crippen LogP contribution in [0, 0.1) is 8.99 Å². The summed E-state index contributed by atoms with van der Waals surface area (Å²) in [6.45, 7) is 14.9. The summed E-state index contributed by atoms with van der Waals surface area (Å²) in [6.07, 6.45) is 3.63. The Labute approximate surface area is 243 Å². The molecule has 0 radical (unpaired) electrons. The first-order valence-electron chi connectivity index (χ1n) is 13.4. The van der Waals surface area contributed by atoms with Gasteiger partial charge in [0.15, 0.2) is 8.32 Å². The first kappa shape index (κ1) is 31.2. The van der Waals surface area contributed by atoms with Gasteiger partial charge in [-0.2, -0.15) is 0 Å². The van der Waals surface area contributed by atoms with Crippen molar-refractivity contribution in [3.05, 3.63) is 55.9 Å². The Balaban J connectivity index is 1.85. The molecule has 0 unspecified atom stereocenters. The maximum Gasteiger partial charge on any atom is 0.310 e. The standard InChI is InChI=1S/C28H39F5INO2SSi/c1-17(2)25-23(26(36)18-9-11-19(12-10-18)38(29,30,31,32)33)24(34)22-20(35-25)15-28(13-8-14-28)16-21(22)37-39(6,7)27(3,4)5/h9-12,17,21,26,36H,8,13-16H2,1-7H3/t21-,26+/m0/s1. The summed E-state index contributed by atoms with van der Waals surface area (Å²) in [7, 11) is -12.0. The van der Waals surface area contributed by atoms with Crippen molar-refractivity contribution >= 4 is 41.1 Å². The minimum Gasteiger partial charge on any atom is -0.410 e. The SMILES string of the molecule is CC(C)c1nc2c(c(I)c1[C@H](O)c1ccc(S(F)(F)(F)(F)F)cc1)[C@@H](O[Si](C)(C)C(C)(C)C)CC1(CCC1)C2. The summed E-state index contributed by atoms with van der Waals surface area (Å²) in [5.74, 6) is -0.0727. The maximum absolute atomic E-state index is 13.3. The number of hydrogen-bond acceptors (Lipinski definition) is 3. The van der Waals surface area contributed by atoms with Crippen LogP contribution in [-0.4, -0.2) is 18.4 Å². The number of halogens is 6. The Morgan fingerprint density at radius 2 is 1.64 bits per heavy atom. The summed E-state index contributed by atoms with van der Waals surface area (Å²) >= 11 is 2.22. The predicted molar refractivity (Wildman–Crippen MR) is 159 cm³/mol. The number of aromatic nitrogens is 1. The van der Waals surface area contributed by atoms with Gasteiger partial charge in [-0.3, -0.25) is 4.98 Å². The van der Waals surface area contributed by atoms with Crippen LogP contribution in [-0.2, 0) is 10.8 Å². The van der Waals surface area contributed by atoms with Gasteiger partial charge in [-0.05, 0) is 95.4 Å². The molecule has 1 spiro atoms. The Morgan fingerprint density at radius 3 is 2.08 bits per heavy atom. The van der Waals surface area contributed by atoms with Gasteiger partial charge < -0.3 is 9.53 Å². The maximum atomic E-state index is 13.3. The first-order valence-corrected chi connectivity index (χ1v) is 19.3. The van der Waals surface area contributed by atoms with Crippen LogP contribution in [0.15, 0.2) is 29.2 Å². The molecule has 39 heavy (non-hydrogen) atoms. The molecule has 1 heterocycles. The molecule has 3 nitrogen and oxygen atoms in total. The van der Waals surface area contributed by atoms with Gasteiger partial charge in [0.1, 0.15) is 11.0 Å². The molecular formula is C28H39F5INO2SSi. The molecule has 0 amide bonds. The van der Waals surface area contributed by atoms with Gasteiger partial charge in [0, 0.05) is 20.4 Å². The van der Waals surface area contributed by atoms with Crippen molar-refractivity contribution in [1.82, 2.24) is 4.98 Å². The molecule has 2 atom stereocenters. The molecule has 1 saturated carbocycles. The molecule has 220 valence electrons. The van der Waals surface area contributed by atoms with Crippen LogP contribution in [0.1, 0.15) is 107 Å². The van der Waals surface area contributed by atoms with E-state index in [4.69, 9.17) is 9.41 Å². The molecule has 1 fully saturated rings. The number of rotatable bonds is 6. The third-order valence-corrected chi connectivity index (χ3v) is 15.7. The lowest BCUT2D eigenvalue weighted by atomic mass is 9.59. The van der Waals surface area contributed by atoms with Crippen molar-refractivity contribution in [3.63, 3.8) is 0 Å². The first-order chi connectivity index (χ1) is 17.4. The fourth-order valence-corrected chi connectivity index (χ4v) is 8.65. The molecule has 2 aromatic rings. The molecule has 1 aromatic heterocycles. The summed E-state index contributed by atoms with van der Waals surface area (Å²) < 4.78 is 74.3. The second-order valence-corrected chi connectivity index (χ2v) is 21.5. The second kappa shape index (κ2) is 9.12. The van der Waals surface area contributed by atoms with Gasteiger partial charge in [-0.15, -0.1) is 0 Å². The summed E-state index contributed by atoms with van der Waals surface area (Å²) in [6, 6.07) is 2.59. The van der Waals surface area contributed by atoms with Crippen LogP contribution in [0.2, 0.25) is 18.1 Å². The fourth-order valence-electron chi connectivity index (χ4n) is 5.50. The minimum absolute atomic E-state index is 0.0128. The summed E-state index contributed by atoms with van der Waals surface area (Å²) in [4.78, 5) is 3.12. The molecule has 4 rings (SSSR count). The summed E-state index contributed by atoms with van der Waals surface area (Å²) in [5.41, 5.74) is 3.38. The average molecular weight is 704 g/mol. The van der Waals surface area contributed by atoms with E-state index in [2.05, 4.69) is 56.5 Å². The molecule has 0 saturated heterocycles. The van der Waals surface area contributed by atoms with E-state index in [9.17, 15) is 24.5 Å². The monoisotopic (exact) mass is 703 g/mol. The third-order valence-electron chi connectivity index (χ3n) is 8.92. The van der Waals surface area contributed by atoms with E-state index in [1.165, 1.54) is 6.42 Å². The van der Waals surface area contributed by atoms with Crippen LogP contribution in [0.4, 0.5) is 19.4 Å². The highest BCUT2D eigenvalue weighted by molar-refractivity contribution is 14.1. The van der Waals surface area contributed by atoms with E-state index < -0.39 is 29.5 Å². The number of aliphatic hydroxyl groups is 1. The molecule has 0 bridgehead atoms. The minimum atomic E-state index is -9.81. The van der Waals surface area contributed by atoms with Gasteiger partial charge in [0.05, 0.1) is 11.8 Å². The molecule has 2 aliphatic carbocycles. The largest absolute Gasteiger partial charge is 0.410 e. The Hall–Kier alpha value is -0.763. The van der Waals surface area contributed by atoms with Gasteiger partial charge in [0.25, 0.3) is 0 Å². The molecule has 1 N–H and O–H groups in total. The number of benzene rings is 1. The zero-order valence-corrected chi connectivity index (χ0v) is 27.5. The van der Waals surface area contributed by atoms with Crippen LogP contribution >= 0.6 is 32.8 Å². The Bertz CT molecular complexity index is 1270. The fraction of sp³-hybridized carbons (Fsp3) is 0.607. The van der Waals surface area contributed by atoms with Crippen molar-refractivity contribution < 1.29 is 29.0 Å². The lowest BCUT2D eigenvalue weighted by Crippen LogP contribution is -2.46. The predicted octanol–water partition coefficient (Wildman–Crippen LogP) is 10.7. The number of aliphatic hydroxyl groups excluding tert-OH is 1. The zero-order valence-electron chi connectivity index (χ0n) is 23.6. The highest BCUT2D eigenvalue weighted by atomic mass is 127. The van der Waals surface area contributed by atoms with Crippen LogP contribution < -0.4 is 0 Å². The molecular weight excluding hydrogens is 664 g/mol. The molecule has 2 aliphatic rings. The highest BCUT2D eigenvalue weighted by Gasteiger charge is 2.65. The lowest BCUT2D eigenvalue weighted by Gasteiger charge is -2.50. The molecule has 11 heteroatoms. The van der Waals surface area contributed by atoms with E-state index in [1.807, 2.05) is 13.8 Å². The second-order valence-electron chi connectivity index (χ2n) is 13.3. The average Bonchev–Trinajstić information content (AvgIpc) is 2.74. The smallest absolute Gasteiger partial charge is 0.310 e. The van der Waals surface area contributed by atoms with E-state index >= 15 is 0 Å². The highest BCUT2D eigenvalue weighted by Crippen LogP contribution is 3.02. The zero-order chi connectivity index (χ0) is 29.5. The summed E-state index contributed by atoms with van der Waals surface area (Å²) in [5, 5.41) is 11.5. The van der Waals surface area contributed by atoms with Gasteiger partial charge in [0.2, 0.25) is 0 Å². The normalized spacial score (nSPS) is 22.2. The lowest BCUT2D eigenvalue weighted by molar-refractivity contribution is 0.0293. The molecule has 1 aromatic carbocycles. The Kier molecular flexibility index (Phi) is 7.29. The number of nitrogens with zero attached hydrogens (tertiary/aromatic N) is 1. The van der Waals surface area contributed by atoms with Crippen molar-refractivity contribution in [2.45, 2.75) is 108 Å². The van der Waals surface area contributed by atoms with E-state index in [-0.39, 0.29) is 28.0 Å². The van der Waals surface area contributed by atoms with Gasteiger partial charge in [-0.25, -0.2) is 0 Å². The number of fused-ring (bicyclic) bond motifs is 1. The van der Waals surface area contributed by atoms with Crippen molar-refractivity contribution in [2.24, 2.45) is 5.41 Å². The van der Waals surface area contributed by atoms with Gasteiger partial charge >= 0.3 is 10.2 Å². The number of pyridine rings is 1. The van der Waals surface area contributed by atoms with Crippen molar-refractivity contribution in [1.29, 1.82) is 0 Å². The number of hydrogen-bond donors (Lipinski definition) is 1. The topological polar surface area (TPSA) is 42.4 Å². The van der Waals surface area contributed by atoms with Crippen molar-refractivity contribution in [3.8, 4) is 0 Å². The molecule has 0 aliphatic heterocycles. The third kappa shape index (κ3) is 6.08. The van der Waals surface area contributed by atoms with E-state index in [0.717, 1.165) is 52.6 Å². The Morgan fingerprint density at radius 1 is 1.08 bits per heavy atom. The van der Waals surface area contributed by atoms with E-state index in [0.29, 0.717) is 23.4 Å². The van der Waals surface area contributed by atoms with E-state index in [1.54, 1.807) is 0 Å². The van der Waals surface area contributed by atoms with Crippen LogP contribution in [0.3, 0.4) is 0 Å². The van der Waals surface area contributed by atoms with Gasteiger partial charge in [-0.1, -0.05) is 72.6 Å². The van der Waals surface area contributed by atoms with Crippen molar-refractivity contribution in [2.75, 3.05) is 0 Å².